The van der Waals surface area contributed by atoms with Gasteiger partial charge in [-0.15, -0.1) is 0 Å². The van der Waals surface area contributed by atoms with Gasteiger partial charge in [0.25, 0.3) is 5.91 Å². The Kier molecular flexibility index (Phi) is 5.18. The quantitative estimate of drug-likeness (QED) is 0.766. The minimum Gasteiger partial charge on any atom is -0.454 e. The number of carbonyl (C=O) groups excluding carboxylic acids is 2. The zero-order valence-corrected chi connectivity index (χ0v) is 14.6. The van der Waals surface area contributed by atoms with Crippen molar-refractivity contribution in [1.82, 2.24) is 0 Å². The first-order valence-electron chi connectivity index (χ1n) is 8.22. The molecule has 1 aliphatic rings. The van der Waals surface area contributed by atoms with Crippen LogP contribution in [0.2, 0.25) is 0 Å². The normalized spacial score (nSPS) is 13.3. The van der Waals surface area contributed by atoms with Crippen molar-refractivity contribution in [2.45, 2.75) is 13.5 Å². The van der Waals surface area contributed by atoms with Crippen molar-refractivity contribution in [2.75, 3.05) is 25.7 Å². The van der Waals surface area contributed by atoms with Gasteiger partial charge in [0.2, 0.25) is 6.79 Å². The molecule has 1 unspecified atom stereocenters. The third kappa shape index (κ3) is 4.18. The van der Waals surface area contributed by atoms with Crippen molar-refractivity contribution < 1.29 is 28.4 Å². The molecule has 0 saturated heterocycles. The van der Waals surface area contributed by atoms with Crippen molar-refractivity contribution in [3.05, 3.63) is 53.3 Å². The average Bonchev–Trinajstić information content (AvgIpc) is 3.03. The van der Waals surface area contributed by atoms with Gasteiger partial charge in [0.15, 0.2) is 23.8 Å². The topological polar surface area (TPSA) is 69.1 Å². The van der Waals surface area contributed by atoms with E-state index in [-0.39, 0.29) is 30.8 Å². The van der Waals surface area contributed by atoms with E-state index in [1.54, 1.807) is 24.3 Å². The van der Waals surface area contributed by atoms with Crippen LogP contribution in [0.25, 0.3) is 0 Å². The van der Waals surface area contributed by atoms with Gasteiger partial charge >= 0.3 is 0 Å². The number of ether oxygens (including phenoxy) is 2. The predicted octanol–water partition coefficient (Wildman–Crippen LogP) is 1.41. The molecule has 1 atom stereocenters. The summed E-state index contributed by atoms with van der Waals surface area (Å²) in [6, 6.07) is 9.37. The minimum atomic E-state index is -0.288. The minimum absolute atomic E-state index is 0.0919. The van der Waals surface area contributed by atoms with Crippen LogP contribution in [-0.2, 0) is 11.3 Å². The summed E-state index contributed by atoms with van der Waals surface area (Å²) >= 11 is 0. The van der Waals surface area contributed by atoms with E-state index in [2.05, 4.69) is 5.32 Å². The molecule has 1 heterocycles. The lowest BCUT2D eigenvalue weighted by molar-refractivity contribution is -0.885. The second-order valence-corrected chi connectivity index (χ2v) is 6.29. The lowest BCUT2D eigenvalue weighted by Crippen LogP contribution is -3.08. The van der Waals surface area contributed by atoms with E-state index in [4.69, 9.17) is 9.47 Å². The van der Waals surface area contributed by atoms with Gasteiger partial charge in [-0.2, -0.15) is 0 Å². The number of nitrogens with one attached hydrogen (secondary N) is 2. The molecule has 2 N–H and O–H groups in total. The highest BCUT2D eigenvalue weighted by Gasteiger charge is 2.21. The summed E-state index contributed by atoms with van der Waals surface area (Å²) in [5, 5.41) is 2.77. The van der Waals surface area contributed by atoms with E-state index in [1.807, 2.05) is 7.05 Å². The molecular weight excluding hydrogens is 339 g/mol. The van der Waals surface area contributed by atoms with Gasteiger partial charge in [-0.05, 0) is 25.1 Å². The van der Waals surface area contributed by atoms with Crippen LogP contribution in [-0.4, -0.2) is 32.1 Å². The highest BCUT2D eigenvalue weighted by Crippen LogP contribution is 2.37. The van der Waals surface area contributed by atoms with Gasteiger partial charge in [0, 0.05) is 17.2 Å². The van der Waals surface area contributed by atoms with Gasteiger partial charge < -0.3 is 19.7 Å². The van der Waals surface area contributed by atoms with Crippen LogP contribution in [0.5, 0.6) is 11.5 Å². The number of halogens is 1. The molecule has 0 radical (unpaired) electrons. The van der Waals surface area contributed by atoms with Crippen LogP contribution in [0.4, 0.5) is 10.1 Å². The van der Waals surface area contributed by atoms with Gasteiger partial charge in [-0.3, -0.25) is 9.59 Å². The summed E-state index contributed by atoms with van der Waals surface area (Å²) in [6.07, 6.45) is 0. The lowest BCUT2D eigenvalue weighted by atomic mass is 10.1. The van der Waals surface area contributed by atoms with Crippen LogP contribution >= 0.6 is 0 Å². The molecule has 0 aromatic heterocycles. The molecule has 136 valence electrons. The second-order valence-electron chi connectivity index (χ2n) is 6.29. The van der Waals surface area contributed by atoms with Crippen LogP contribution in [0.1, 0.15) is 22.8 Å². The van der Waals surface area contributed by atoms with E-state index < -0.39 is 0 Å². The Morgan fingerprint density at radius 1 is 1.15 bits per heavy atom. The largest absolute Gasteiger partial charge is 0.454 e. The highest BCUT2D eigenvalue weighted by atomic mass is 19.1. The summed E-state index contributed by atoms with van der Waals surface area (Å²) in [7, 11) is 1.87. The highest BCUT2D eigenvalue weighted by molar-refractivity contribution is 6.04. The molecule has 0 aliphatic carbocycles. The fraction of sp³-hybridized carbons (Fsp3) is 0.263. The van der Waals surface area contributed by atoms with Gasteiger partial charge in [0.1, 0.15) is 12.4 Å². The maximum absolute atomic E-state index is 13.0. The van der Waals surface area contributed by atoms with Gasteiger partial charge in [-0.1, -0.05) is 12.1 Å². The van der Waals surface area contributed by atoms with Crippen LogP contribution in [0.15, 0.2) is 36.4 Å². The Morgan fingerprint density at radius 3 is 2.46 bits per heavy atom. The molecule has 2 aromatic rings. The van der Waals surface area contributed by atoms with Crippen LogP contribution in [0.3, 0.4) is 0 Å². The molecule has 6 nitrogen and oxygen atoms in total. The summed E-state index contributed by atoms with van der Waals surface area (Å²) in [4.78, 5) is 25.2. The predicted molar refractivity (Wildman–Crippen MR) is 93.1 cm³/mol. The number of likely N-dealkylation sites (N-methyl/N-ethyl adjacent to an activating group) is 1. The van der Waals surface area contributed by atoms with Gasteiger partial charge in [-0.25, -0.2) is 4.39 Å². The fourth-order valence-electron chi connectivity index (χ4n) is 2.82. The first kappa shape index (κ1) is 17.9. The molecule has 7 heteroatoms. The Labute approximate surface area is 150 Å². The maximum atomic E-state index is 13.0. The Balaban J connectivity index is 1.66. The molecule has 0 saturated carbocycles. The number of rotatable bonds is 6. The molecule has 2 aromatic carbocycles. The first-order chi connectivity index (χ1) is 12.4. The molecule has 0 fully saturated rings. The van der Waals surface area contributed by atoms with Crippen molar-refractivity contribution in [3.63, 3.8) is 0 Å². The van der Waals surface area contributed by atoms with Crippen molar-refractivity contribution in [2.24, 2.45) is 0 Å². The summed E-state index contributed by atoms with van der Waals surface area (Å²) in [6.45, 7) is 2.30. The van der Waals surface area contributed by atoms with Crippen LogP contribution in [0, 0.1) is 5.82 Å². The maximum Gasteiger partial charge on any atom is 0.279 e. The third-order valence-corrected chi connectivity index (χ3v) is 4.05. The van der Waals surface area contributed by atoms with E-state index in [1.165, 1.54) is 19.1 Å². The fourth-order valence-corrected chi connectivity index (χ4v) is 2.82. The average molecular weight is 359 g/mol. The Bertz CT molecular complexity index is 836. The van der Waals surface area contributed by atoms with E-state index >= 15 is 0 Å². The zero-order chi connectivity index (χ0) is 18.7. The zero-order valence-electron chi connectivity index (χ0n) is 14.6. The van der Waals surface area contributed by atoms with E-state index in [0.29, 0.717) is 29.3 Å². The number of Topliss-reactive ketones (excluding diaryl/α,β-unsaturated/α-hetero) is 1. The number of amides is 1. The number of fused-ring (bicyclic) bond motifs is 1. The molecule has 3 rings (SSSR count). The summed E-state index contributed by atoms with van der Waals surface area (Å²) in [5.74, 6) is 0.296. The van der Waals surface area contributed by atoms with Gasteiger partial charge in [0.05, 0.1) is 12.7 Å². The van der Waals surface area contributed by atoms with E-state index in [0.717, 1.165) is 10.5 Å². The number of hydrogen-bond donors (Lipinski definition) is 2. The SMILES string of the molecule is CC(=O)c1cc2c(cc1NC(=O)C[NH+](C)Cc1ccc(F)cc1)OCO2. The molecule has 26 heavy (non-hydrogen) atoms. The number of ketones is 1. The number of benzene rings is 2. The number of hydrogen-bond acceptors (Lipinski definition) is 4. The third-order valence-electron chi connectivity index (χ3n) is 4.05. The first-order valence-corrected chi connectivity index (χ1v) is 8.22. The molecule has 0 spiro atoms. The van der Waals surface area contributed by atoms with Crippen molar-refractivity contribution >= 4 is 17.4 Å². The number of carbonyl (C=O) groups is 2. The summed E-state index contributed by atoms with van der Waals surface area (Å²) in [5.41, 5.74) is 1.71. The Morgan fingerprint density at radius 2 is 1.81 bits per heavy atom. The molecule has 0 bridgehead atoms. The molecule has 1 amide bonds. The van der Waals surface area contributed by atoms with Crippen LogP contribution < -0.4 is 19.7 Å². The monoisotopic (exact) mass is 359 g/mol. The van der Waals surface area contributed by atoms with Crippen molar-refractivity contribution in [3.8, 4) is 11.5 Å². The standard InChI is InChI=1S/C19H19FN2O4/c1-12(23)15-7-17-18(26-11-25-17)8-16(15)21-19(24)10-22(2)9-13-3-5-14(20)6-4-13/h3-8H,9-11H2,1-2H3,(H,21,24)/p+1. The number of anilines is 1. The van der Waals surface area contributed by atoms with E-state index in [9.17, 15) is 14.0 Å². The summed E-state index contributed by atoms with van der Waals surface area (Å²) < 4.78 is 23.5. The molecular formula is C19H20FN2O4+. The lowest BCUT2D eigenvalue weighted by Gasteiger charge is -2.15. The number of quaternary nitrogens is 1. The molecule has 1 aliphatic heterocycles. The smallest absolute Gasteiger partial charge is 0.279 e. The van der Waals surface area contributed by atoms with Crippen molar-refractivity contribution in [1.29, 1.82) is 0 Å². The Hall–Kier alpha value is -2.93. The second kappa shape index (κ2) is 7.53.